The molecule has 0 saturated carbocycles. The van der Waals surface area contributed by atoms with E-state index < -0.39 is 0 Å². The second kappa shape index (κ2) is 6.37. The van der Waals surface area contributed by atoms with E-state index in [-0.39, 0.29) is 11.9 Å². The number of nitrogens with one attached hydrogen (secondary N) is 1. The van der Waals surface area contributed by atoms with Gasteiger partial charge in [0.05, 0.1) is 7.11 Å². The van der Waals surface area contributed by atoms with Gasteiger partial charge in [0.1, 0.15) is 11.6 Å². The maximum atomic E-state index is 14.0. The Labute approximate surface area is 123 Å². The molecule has 20 heavy (non-hydrogen) atoms. The second-order valence-electron chi connectivity index (χ2n) is 4.91. The first kappa shape index (κ1) is 15.0. The van der Waals surface area contributed by atoms with Gasteiger partial charge in [0.2, 0.25) is 0 Å². The fourth-order valence-electron chi connectivity index (χ4n) is 2.21. The number of ether oxygens (including phenoxy) is 1. The zero-order valence-electron chi connectivity index (χ0n) is 12.3. The molecule has 1 atom stereocenters. The maximum absolute atomic E-state index is 14.0. The summed E-state index contributed by atoms with van der Waals surface area (Å²) in [7, 11) is 1.57. The highest BCUT2D eigenvalue weighted by atomic mass is 32.1. The lowest BCUT2D eigenvalue weighted by atomic mass is 10.1. The third-order valence-electron chi connectivity index (χ3n) is 3.47. The van der Waals surface area contributed by atoms with Gasteiger partial charge in [0.15, 0.2) is 0 Å². The van der Waals surface area contributed by atoms with Crippen molar-refractivity contribution in [3.63, 3.8) is 0 Å². The largest absolute Gasteiger partial charge is 0.496 e. The molecule has 1 N–H and O–H groups in total. The smallest absolute Gasteiger partial charge is 0.131 e. The van der Waals surface area contributed by atoms with Gasteiger partial charge >= 0.3 is 0 Å². The zero-order chi connectivity index (χ0) is 14.7. The van der Waals surface area contributed by atoms with Gasteiger partial charge in [0.25, 0.3) is 0 Å². The molecule has 0 aliphatic carbocycles. The molecular formula is C16H20FNOS. The molecule has 0 radical (unpaired) electrons. The van der Waals surface area contributed by atoms with E-state index in [0.717, 1.165) is 6.54 Å². The Morgan fingerprint density at radius 2 is 2.10 bits per heavy atom. The van der Waals surface area contributed by atoms with Crippen LogP contribution >= 0.6 is 11.3 Å². The third kappa shape index (κ3) is 3.19. The molecule has 2 aromatic rings. The van der Waals surface area contributed by atoms with Gasteiger partial charge in [-0.15, -0.1) is 11.3 Å². The van der Waals surface area contributed by atoms with E-state index in [4.69, 9.17) is 4.74 Å². The minimum atomic E-state index is -0.233. The van der Waals surface area contributed by atoms with Crippen molar-refractivity contribution in [2.45, 2.75) is 33.4 Å². The summed E-state index contributed by atoms with van der Waals surface area (Å²) in [6.07, 6.45) is 0. The molecule has 4 heteroatoms. The molecule has 0 fully saturated rings. The SMILES string of the molecule is COc1cccc(F)c1C(C)NCc1cc(C)c(C)s1. The van der Waals surface area contributed by atoms with Crippen molar-refractivity contribution in [3.05, 3.63) is 51.0 Å². The van der Waals surface area contributed by atoms with Crippen LogP contribution in [0.5, 0.6) is 5.75 Å². The first-order valence-corrected chi connectivity index (χ1v) is 7.46. The van der Waals surface area contributed by atoms with E-state index >= 15 is 0 Å². The molecule has 0 amide bonds. The summed E-state index contributed by atoms with van der Waals surface area (Å²) in [6, 6.07) is 6.99. The van der Waals surface area contributed by atoms with Crippen LogP contribution in [0.3, 0.4) is 0 Å². The predicted molar refractivity (Wildman–Crippen MR) is 82.0 cm³/mol. The van der Waals surface area contributed by atoms with Crippen molar-refractivity contribution in [2.24, 2.45) is 0 Å². The van der Waals surface area contributed by atoms with Crippen LogP contribution in [0.15, 0.2) is 24.3 Å². The van der Waals surface area contributed by atoms with Crippen molar-refractivity contribution in [1.29, 1.82) is 0 Å². The summed E-state index contributed by atoms with van der Waals surface area (Å²) in [5, 5.41) is 3.36. The lowest BCUT2D eigenvalue weighted by Crippen LogP contribution is -2.19. The average Bonchev–Trinajstić information content (AvgIpc) is 2.74. The van der Waals surface area contributed by atoms with E-state index in [9.17, 15) is 4.39 Å². The van der Waals surface area contributed by atoms with E-state index in [1.165, 1.54) is 21.4 Å². The van der Waals surface area contributed by atoms with Crippen molar-refractivity contribution in [3.8, 4) is 5.75 Å². The molecule has 1 aromatic carbocycles. The monoisotopic (exact) mass is 293 g/mol. The Morgan fingerprint density at radius 3 is 2.70 bits per heavy atom. The fourth-order valence-corrected chi connectivity index (χ4v) is 3.21. The molecular weight excluding hydrogens is 273 g/mol. The Morgan fingerprint density at radius 1 is 1.35 bits per heavy atom. The molecule has 2 nitrogen and oxygen atoms in total. The lowest BCUT2D eigenvalue weighted by molar-refractivity contribution is 0.393. The number of benzene rings is 1. The van der Waals surface area contributed by atoms with Crippen LogP contribution in [0.4, 0.5) is 4.39 Å². The maximum Gasteiger partial charge on any atom is 0.131 e. The van der Waals surface area contributed by atoms with Crippen molar-refractivity contribution in [1.82, 2.24) is 5.32 Å². The quantitative estimate of drug-likeness (QED) is 0.884. The molecule has 1 aromatic heterocycles. The molecule has 0 aliphatic rings. The molecule has 0 bridgehead atoms. The van der Waals surface area contributed by atoms with Gasteiger partial charge in [-0.3, -0.25) is 0 Å². The summed E-state index contributed by atoms with van der Waals surface area (Å²) in [5.41, 5.74) is 1.89. The number of aryl methyl sites for hydroxylation is 2. The normalized spacial score (nSPS) is 12.4. The standard InChI is InChI=1S/C16H20FNOS/c1-10-8-13(20-12(10)3)9-18-11(2)16-14(17)6-5-7-15(16)19-4/h5-8,11,18H,9H2,1-4H3. The molecule has 2 rings (SSSR count). The van der Waals surface area contributed by atoms with E-state index in [2.05, 4.69) is 25.2 Å². The topological polar surface area (TPSA) is 21.3 Å². The number of hydrogen-bond acceptors (Lipinski definition) is 3. The molecule has 0 aliphatic heterocycles. The minimum Gasteiger partial charge on any atom is -0.496 e. The molecule has 108 valence electrons. The van der Waals surface area contributed by atoms with Gasteiger partial charge in [0, 0.05) is 27.9 Å². The van der Waals surface area contributed by atoms with Crippen LogP contribution in [-0.2, 0) is 6.54 Å². The second-order valence-corrected chi connectivity index (χ2v) is 6.25. The number of methoxy groups -OCH3 is 1. The number of halogens is 1. The third-order valence-corrected chi connectivity index (χ3v) is 4.62. The summed E-state index contributed by atoms with van der Waals surface area (Å²) < 4.78 is 19.2. The first-order valence-electron chi connectivity index (χ1n) is 6.64. The first-order chi connectivity index (χ1) is 9.52. The van der Waals surface area contributed by atoms with Gasteiger partial charge in [-0.2, -0.15) is 0 Å². The number of rotatable bonds is 5. The van der Waals surface area contributed by atoms with E-state index in [1.807, 2.05) is 6.92 Å². The molecule has 1 heterocycles. The van der Waals surface area contributed by atoms with E-state index in [1.54, 1.807) is 30.6 Å². The highest BCUT2D eigenvalue weighted by Crippen LogP contribution is 2.28. The predicted octanol–water partition coefficient (Wildman–Crippen LogP) is 4.36. The number of hydrogen-bond donors (Lipinski definition) is 1. The summed E-state index contributed by atoms with van der Waals surface area (Å²) in [5.74, 6) is 0.353. The Bertz CT molecular complexity index is 575. The van der Waals surface area contributed by atoms with Gasteiger partial charge < -0.3 is 10.1 Å². The Balaban J connectivity index is 2.10. The Hall–Kier alpha value is -1.39. The van der Waals surface area contributed by atoms with E-state index in [0.29, 0.717) is 11.3 Å². The van der Waals surface area contributed by atoms with Crippen molar-refractivity contribution >= 4 is 11.3 Å². The lowest BCUT2D eigenvalue weighted by Gasteiger charge is -2.17. The molecule has 0 saturated heterocycles. The average molecular weight is 293 g/mol. The number of thiophene rings is 1. The van der Waals surface area contributed by atoms with Gasteiger partial charge in [-0.25, -0.2) is 4.39 Å². The minimum absolute atomic E-state index is 0.103. The van der Waals surface area contributed by atoms with Crippen LogP contribution in [0, 0.1) is 19.7 Å². The fraction of sp³-hybridized carbons (Fsp3) is 0.375. The molecule has 0 spiro atoms. The van der Waals surface area contributed by atoms with Crippen LogP contribution in [0.25, 0.3) is 0 Å². The summed E-state index contributed by atoms with van der Waals surface area (Å²) in [6.45, 7) is 6.91. The zero-order valence-corrected chi connectivity index (χ0v) is 13.1. The van der Waals surface area contributed by atoms with Gasteiger partial charge in [-0.1, -0.05) is 6.07 Å². The Kier molecular flexibility index (Phi) is 4.78. The van der Waals surface area contributed by atoms with Crippen LogP contribution in [-0.4, -0.2) is 7.11 Å². The molecule has 1 unspecified atom stereocenters. The van der Waals surface area contributed by atoms with Crippen molar-refractivity contribution < 1.29 is 9.13 Å². The van der Waals surface area contributed by atoms with Crippen LogP contribution in [0.2, 0.25) is 0 Å². The highest BCUT2D eigenvalue weighted by molar-refractivity contribution is 7.12. The van der Waals surface area contributed by atoms with Crippen LogP contribution < -0.4 is 10.1 Å². The highest BCUT2D eigenvalue weighted by Gasteiger charge is 2.16. The van der Waals surface area contributed by atoms with Crippen LogP contribution in [0.1, 0.15) is 33.8 Å². The summed E-state index contributed by atoms with van der Waals surface area (Å²) >= 11 is 1.78. The summed E-state index contributed by atoms with van der Waals surface area (Å²) in [4.78, 5) is 2.60. The van der Waals surface area contributed by atoms with Crippen molar-refractivity contribution in [2.75, 3.05) is 7.11 Å². The van der Waals surface area contributed by atoms with Gasteiger partial charge in [-0.05, 0) is 44.5 Å².